The molecule has 2 atom stereocenters. The Kier molecular flexibility index (Phi) is 3.58. The number of ketones is 1. The first-order chi connectivity index (χ1) is 6.84. The maximum atomic E-state index is 12.6. The highest BCUT2D eigenvalue weighted by Gasteiger charge is 2.47. The molecule has 0 radical (unpaired) electrons. The fraction of sp³-hybridized carbons (Fsp3) is 0.727. The van der Waals surface area contributed by atoms with Crippen LogP contribution in [0.4, 0.5) is 13.2 Å². The second kappa shape index (κ2) is 4.37. The Morgan fingerprint density at radius 3 is 2.27 bits per heavy atom. The molecule has 1 aliphatic carbocycles. The number of alkyl halides is 3. The van der Waals surface area contributed by atoms with Crippen LogP contribution in [0.25, 0.3) is 0 Å². The van der Waals surface area contributed by atoms with Crippen molar-refractivity contribution in [2.24, 2.45) is 11.8 Å². The predicted molar refractivity (Wildman–Crippen MR) is 51.3 cm³/mol. The van der Waals surface area contributed by atoms with Gasteiger partial charge in [0.25, 0.3) is 0 Å². The van der Waals surface area contributed by atoms with Crippen molar-refractivity contribution in [1.82, 2.24) is 0 Å². The number of hydrogen-bond donors (Lipinski definition) is 0. The van der Waals surface area contributed by atoms with Gasteiger partial charge in [0.1, 0.15) is 0 Å². The summed E-state index contributed by atoms with van der Waals surface area (Å²) in [6.45, 7) is 4.91. The summed E-state index contributed by atoms with van der Waals surface area (Å²) in [5, 5.41) is 0. The first-order valence-corrected chi connectivity index (χ1v) is 5.10. The third kappa shape index (κ3) is 2.83. The zero-order chi connectivity index (χ0) is 11.6. The molecule has 0 aliphatic heterocycles. The number of halogens is 3. The molecule has 0 heterocycles. The first-order valence-electron chi connectivity index (χ1n) is 5.10. The van der Waals surface area contributed by atoms with Gasteiger partial charge >= 0.3 is 6.18 Å². The van der Waals surface area contributed by atoms with Crippen molar-refractivity contribution in [1.29, 1.82) is 0 Å². The summed E-state index contributed by atoms with van der Waals surface area (Å²) in [4.78, 5) is 11.6. The van der Waals surface area contributed by atoms with Crippen LogP contribution in [0, 0.1) is 11.8 Å². The molecule has 0 saturated heterocycles. The molecule has 0 amide bonds. The maximum Gasteiger partial charge on any atom is 0.392 e. The van der Waals surface area contributed by atoms with Crippen molar-refractivity contribution in [2.75, 3.05) is 0 Å². The molecule has 0 aromatic rings. The van der Waals surface area contributed by atoms with Crippen LogP contribution in [0.2, 0.25) is 0 Å². The van der Waals surface area contributed by atoms with Crippen LogP contribution in [0.5, 0.6) is 0 Å². The van der Waals surface area contributed by atoms with Crippen molar-refractivity contribution >= 4 is 5.78 Å². The van der Waals surface area contributed by atoms with E-state index in [1.165, 1.54) is 6.92 Å². The minimum Gasteiger partial charge on any atom is -0.294 e. The lowest BCUT2D eigenvalue weighted by molar-refractivity contribution is -0.196. The molecule has 1 rings (SSSR count). The van der Waals surface area contributed by atoms with Gasteiger partial charge in [0.05, 0.1) is 5.92 Å². The topological polar surface area (TPSA) is 17.1 Å². The zero-order valence-corrected chi connectivity index (χ0v) is 8.73. The van der Waals surface area contributed by atoms with Crippen LogP contribution in [-0.4, -0.2) is 12.0 Å². The molecule has 0 bridgehead atoms. The summed E-state index contributed by atoms with van der Waals surface area (Å²) in [5.41, 5.74) is 0.233. The molecule has 0 aromatic heterocycles. The molecule has 0 aromatic carbocycles. The van der Waals surface area contributed by atoms with Crippen LogP contribution in [-0.2, 0) is 4.79 Å². The summed E-state index contributed by atoms with van der Waals surface area (Å²) in [6.07, 6.45) is -2.57. The van der Waals surface area contributed by atoms with Crippen molar-refractivity contribution < 1.29 is 18.0 Å². The van der Waals surface area contributed by atoms with Gasteiger partial charge in [-0.2, -0.15) is 13.2 Å². The Morgan fingerprint density at radius 2 is 1.80 bits per heavy atom. The highest BCUT2D eigenvalue weighted by Crippen LogP contribution is 2.42. The molecule has 15 heavy (non-hydrogen) atoms. The SMILES string of the molecule is C=C(C)C(=O)C1CCCCC1C(F)(F)F. The molecular weight excluding hydrogens is 205 g/mol. The van der Waals surface area contributed by atoms with E-state index in [9.17, 15) is 18.0 Å². The Bertz CT molecular complexity index is 267. The molecule has 86 valence electrons. The largest absolute Gasteiger partial charge is 0.392 e. The van der Waals surface area contributed by atoms with Gasteiger partial charge in [-0.05, 0) is 25.3 Å². The quantitative estimate of drug-likeness (QED) is 0.651. The van der Waals surface area contributed by atoms with Gasteiger partial charge in [-0.3, -0.25) is 4.79 Å². The van der Waals surface area contributed by atoms with E-state index in [4.69, 9.17) is 0 Å². The molecule has 1 nitrogen and oxygen atoms in total. The van der Waals surface area contributed by atoms with E-state index in [2.05, 4.69) is 6.58 Å². The van der Waals surface area contributed by atoms with Gasteiger partial charge in [0, 0.05) is 5.92 Å². The van der Waals surface area contributed by atoms with Crippen molar-refractivity contribution in [3.05, 3.63) is 12.2 Å². The van der Waals surface area contributed by atoms with E-state index in [1.54, 1.807) is 0 Å². The Balaban J connectivity index is 2.83. The van der Waals surface area contributed by atoms with E-state index >= 15 is 0 Å². The predicted octanol–water partition coefficient (Wildman–Crippen LogP) is 3.50. The third-order valence-corrected chi connectivity index (χ3v) is 2.94. The van der Waals surface area contributed by atoms with E-state index in [1.807, 2.05) is 0 Å². The molecule has 1 aliphatic rings. The molecule has 1 saturated carbocycles. The highest BCUT2D eigenvalue weighted by atomic mass is 19.4. The standard InChI is InChI=1S/C11H15F3O/c1-7(2)10(15)8-5-3-4-6-9(8)11(12,13)14/h8-9H,1,3-6H2,2H3. The maximum absolute atomic E-state index is 12.6. The lowest BCUT2D eigenvalue weighted by Gasteiger charge is -2.32. The third-order valence-electron chi connectivity index (χ3n) is 2.94. The van der Waals surface area contributed by atoms with E-state index in [0.717, 1.165) is 0 Å². The van der Waals surface area contributed by atoms with Gasteiger partial charge in [0.15, 0.2) is 5.78 Å². The molecule has 2 unspecified atom stereocenters. The van der Waals surface area contributed by atoms with Crippen molar-refractivity contribution in [3.63, 3.8) is 0 Å². The van der Waals surface area contributed by atoms with Gasteiger partial charge in [-0.15, -0.1) is 0 Å². The molecule has 0 N–H and O–H groups in total. The van der Waals surface area contributed by atoms with Gasteiger partial charge in [0.2, 0.25) is 0 Å². The highest BCUT2D eigenvalue weighted by molar-refractivity contribution is 5.96. The average molecular weight is 220 g/mol. The average Bonchev–Trinajstić information content (AvgIpc) is 2.15. The number of hydrogen-bond acceptors (Lipinski definition) is 1. The summed E-state index contributed by atoms with van der Waals surface area (Å²) >= 11 is 0. The summed E-state index contributed by atoms with van der Waals surface area (Å²) < 4.78 is 37.9. The zero-order valence-electron chi connectivity index (χ0n) is 8.73. The van der Waals surface area contributed by atoms with Crippen LogP contribution >= 0.6 is 0 Å². The first kappa shape index (κ1) is 12.3. The smallest absolute Gasteiger partial charge is 0.294 e. The Hall–Kier alpha value is -0.800. The van der Waals surface area contributed by atoms with Crippen LogP contribution in [0.1, 0.15) is 32.6 Å². The molecule has 0 spiro atoms. The minimum atomic E-state index is -4.25. The number of carbonyl (C=O) groups excluding carboxylic acids is 1. The van der Waals surface area contributed by atoms with Gasteiger partial charge in [-0.1, -0.05) is 19.4 Å². The Morgan fingerprint density at radius 1 is 1.27 bits per heavy atom. The van der Waals surface area contributed by atoms with Crippen molar-refractivity contribution in [2.45, 2.75) is 38.8 Å². The lowest BCUT2D eigenvalue weighted by atomic mass is 9.75. The monoisotopic (exact) mass is 220 g/mol. The normalized spacial score (nSPS) is 27.5. The molecule has 4 heteroatoms. The van der Waals surface area contributed by atoms with Gasteiger partial charge < -0.3 is 0 Å². The lowest BCUT2D eigenvalue weighted by Crippen LogP contribution is -2.37. The van der Waals surface area contributed by atoms with Gasteiger partial charge in [-0.25, -0.2) is 0 Å². The van der Waals surface area contributed by atoms with Crippen LogP contribution < -0.4 is 0 Å². The van der Waals surface area contributed by atoms with Crippen LogP contribution in [0.15, 0.2) is 12.2 Å². The summed E-state index contributed by atoms with van der Waals surface area (Å²) in [7, 11) is 0. The van der Waals surface area contributed by atoms with E-state index in [-0.39, 0.29) is 12.0 Å². The minimum absolute atomic E-state index is 0.0766. The van der Waals surface area contributed by atoms with Crippen LogP contribution in [0.3, 0.4) is 0 Å². The van der Waals surface area contributed by atoms with E-state index in [0.29, 0.717) is 19.3 Å². The fourth-order valence-corrected chi connectivity index (χ4v) is 2.15. The fourth-order valence-electron chi connectivity index (χ4n) is 2.15. The summed E-state index contributed by atoms with van der Waals surface area (Å²) in [6, 6.07) is 0. The van der Waals surface area contributed by atoms with E-state index < -0.39 is 23.8 Å². The number of carbonyl (C=O) groups is 1. The number of allylic oxidation sites excluding steroid dienone is 1. The second-order valence-electron chi connectivity index (χ2n) is 4.18. The second-order valence-corrected chi connectivity index (χ2v) is 4.18. The Labute approximate surface area is 87.4 Å². The molecule has 1 fully saturated rings. The number of rotatable bonds is 2. The van der Waals surface area contributed by atoms with Crippen molar-refractivity contribution in [3.8, 4) is 0 Å². The molecular formula is C11H15F3O. The number of Topliss-reactive ketones (excluding diaryl/α,β-unsaturated/α-hetero) is 1. The summed E-state index contributed by atoms with van der Waals surface area (Å²) in [5.74, 6) is -2.77.